The van der Waals surface area contributed by atoms with Crippen molar-refractivity contribution in [2.45, 2.75) is 16.7 Å². The molecule has 158 valence electrons. The van der Waals surface area contributed by atoms with E-state index in [1.54, 1.807) is 25.1 Å². The predicted molar refractivity (Wildman–Crippen MR) is 109 cm³/mol. The Morgan fingerprint density at radius 1 is 1.00 bits per heavy atom. The lowest BCUT2D eigenvalue weighted by molar-refractivity contribution is 0.415. The second kappa shape index (κ2) is 7.65. The predicted octanol–water partition coefficient (Wildman–Crippen LogP) is 3.17. The zero-order valence-corrected chi connectivity index (χ0v) is 17.4. The first kappa shape index (κ1) is 21.6. The average molecular weight is 451 g/mol. The monoisotopic (exact) mass is 451 g/mol. The van der Waals surface area contributed by atoms with Gasteiger partial charge in [0, 0.05) is 5.39 Å². The Bertz CT molecular complexity index is 1400. The maximum absolute atomic E-state index is 11.9. The number of aromatic hydroxyl groups is 1. The highest BCUT2D eigenvalue weighted by Crippen LogP contribution is 2.44. The van der Waals surface area contributed by atoms with Crippen LogP contribution in [0.4, 0.5) is 11.4 Å². The molecule has 3 aromatic rings. The molecule has 0 saturated carbocycles. The molecule has 0 aliphatic rings. The van der Waals surface area contributed by atoms with Crippen LogP contribution in [0, 0.1) is 6.92 Å². The Kier molecular flexibility index (Phi) is 5.52. The molecule has 0 aliphatic carbocycles. The number of rotatable bonds is 5. The van der Waals surface area contributed by atoms with Crippen molar-refractivity contribution in [3.8, 4) is 11.5 Å². The third-order valence-corrected chi connectivity index (χ3v) is 6.04. The number of benzene rings is 3. The number of phenolic OH excluding ortho intramolecular Hbond substituents is 1. The molecule has 0 aliphatic heterocycles. The third-order valence-electron chi connectivity index (χ3n) is 4.22. The van der Waals surface area contributed by atoms with E-state index in [4.69, 9.17) is 9.88 Å². The molecule has 3 aromatic carbocycles. The summed E-state index contributed by atoms with van der Waals surface area (Å²) in [4.78, 5) is -1.20. The number of ether oxygens (including phenoxy) is 1. The van der Waals surface area contributed by atoms with E-state index in [9.17, 15) is 26.5 Å². The summed E-state index contributed by atoms with van der Waals surface area (Å²) in [5.41, 5.74) is 0.377. The van der Waals surface area contributed by atoms with Crippen LogP contribution in [-0.2, 0) is 20.1 Å². The molecule has 0 radical (unpaired) electrons. The lowest BCUT2D eigenvalue weighted by atomic mass is 10.1. The molecule has 0 saturated heterocycles. The summed E-state index contributed by atoms with van der Waals surface area (Å²) >= 11 is 0. The van der Waals surface area contributed by atoms with Gasteiger partial charge in [-0.1, -0.05) is 18.2 Å². The first-order valence-electron chi connectivity index (χ1n) is 8.29. The Morgan fingerprint density at radius 3 is 2.30 bits per heavy atom. The zero-order chi connectivity index (χ0) is 22.3. The molecule has 12 heteroatoms. The van der Waals surface area contributed by atoms with Crippen LogP contribution in [0.25, 0.3) is 10.8 Å². The summed E-state index contributed by atoms with van der Waals surface area (Å²) in [6, 6.07) is 9.76. The topological polar surface area (TPSA) is 169 Å². The number of hydrogen-bond donors (Lipinski definition) is 3. The van der Waals surface area contributed by atoms with Gasteiger partial charge in [0.15, 0.2) is 5.75 Å². The normalized spacial score (nSPS) is 12.5. The molecule has 0 fully saturated rings. The van der Waals surface area contributed by atoms with E-state index in [2.05, 4.69) is 10.2 Å². The van der Waals surface area contributed by atoms with Crippen LogP contribution >= 0.6 is 0 Å². The smallest absolute Gasteiger partial charge is 0.296 e. The average Bonchev–Trinajstić information content (AvgIpc) is 2.65. The van der Waals surface area contributed by atoms with Gasteiger partial charge in [0.2, 0.25) is 10.0 Å². The zero-order valence-electron chi connectivity index (χ0n) is 15.8. The van der Waals surface area contributed by atoms with Crippen LogP contribution in [0.15, 0.2) is 62.5 Å². The molecule has 0 bridgehead atoms. The SMILES string of the molecule is COc1ccc(C)cc1N=Nc1c(S(=O)(=O)O)cc2cccc(S(N)(=O)=O)c2c1O. The van der Waals surface area contributed by atoms with Gasteiger partial charge in [-0.05, 0) is 42.1 Å². The van der Waals surface area contributed by atoms with E-state index in [0.717, 1.165) is 17.7 Å². The summed E-state index contributed by atoms with van der Waals surface area (Å²) in [5, 5.41) is 23.4. The van der Waals surface area contributed by atoms with Gasteiger partial charge in [0.25, 0.3) is 10.1 Å². The van der Waals surface area contributed by atoms with Crippen molar-refractivity contribution in [1.29, 1.82) is 0 Å². The maximum Gasteiger partial charge on any atom is 0.296 e. The highest BCUT2D eigenvalue weighted by Gasteiger charge is 2.25. The van der Waals surface area contributed by atoms with Crippen LogP contribution in [0.3, 0.4) is 0 Å². The molecule has 0 atom stereocenters. The van der Waals surface area contributed by atoms with Crippen LogP contribution in [0.1, 0.15) is 5.56 Å². The van der Waals surface area contributed by atoms with Gasteiger partial charge in [-0.3, -0.25) is 4.55 Å². The van der Waals surface area contributed by atoms with Crippen molar-refractivity contribution in [2.24, 2.45) is 15.4 Å². The van der Waals surface area contributed by atoms with Crippen molar-refractivity contribution in [3.63, 3.8) is 0 Å². The van der Waals surface area contributed by atoms with Crippen molar-refractivity contribution < 1.29 is 31.2 Å². The number of aryl methyl sites for hydroxylation is 1. The Hall–Kier alpha value is -3.06. The summed E-state index contributed by atoms with van der Waals surface area (Å²) in [5.74, 6) is -0.497. The maximum atomic E-state index is 11.9. The summed E-state index contributed by atoms with van der Waals surface area (Å²) in [6.45, 7) is 1.79. The van der Waals surface area contributed by atoms with Gasteiger partial charge in [0.1, 0.15) is 22.0 Å². The molecule has 4 N–H and O–H groups in total. The second-order valence-electron chi connectivity index (χ2n) is 6.32. The quantitative estimate of drug-likeness (QED) is 0.395. The van der Waals surface area contributed by atoms with Gasteiger partial charge in [-0.25, -0.2) is 13.6 Å². The first-order chi connectivity index (χ1) is 13.9. The molecule has 0 amide bonds. The summed E-state index contributed by atoms with van der Waals surface area (Å²) in [6.07, 6.45) is 0. The van der Waals surface area contributed by atoms with Gasteiger partial charge in [-0.15, -0.1) is 10.2 Å². The molecule has 0 aromatic heterocycles. The van der Waals surface area contributed by atoms with E-state index in [0.29, 0.717) is 5.75 Å². The lowest BCUT2D eigenvalue weighted by Crippen LogP contribution is -2.12. The largest absolute Gasteiger partial charge is 0.505 e. The number of azo groups is 1. The highest BCUT2D eigenvalue weighted by atomic mass is 32.2. The number of nitrogens with zero attached hydrogens (tertiary/aromatic N) is 2. The van der Waals surface area contributed by atoms with Crippen molar-refractivity contribution in [1.82, 2.24) is 0 Å². The van der Waals surface area contributed by atoms with E-state index >= 15 is 0 Å². The number of hydrogen-bond acceptors (Lipinski definition) is 8. The fourth-order valence-electron chi connectivity index (χ4n) is 2.88. The summed E-state index contributed by atoms with van der Waals surface area (Å²) < 4.78 is 62.4. The molecule has 3 rings (SSSR count). The molecule has 0 unspecified atom stereocenters. The number of methoxy groups -OCH3 is 1. The Morgan fingerprint density at radius 2 is 1.70 bits per heavy atom. The minimum absolute atomic E-state index is 0.0127. The Labute approximate surface area is 172 Å². The summed E-state index contributed by atoms with van der Waals surface area (Å²) in [7, 11) is -7.71. The Balaban J connectivity index is 2.38. The third kappa shape index (κ3) is 4.11. The number of sulfonamides is 1. The second-order valence-corrected chi connectivity index (χ2v) is 9.24. The van der Waals surface area contributed by atoms with Gasteiger partial charge in [0.05, 0.1) is 12.0 Å². The minimum Gasteiger partial charge on any atom is -0.505 e. The van der Waals surface area contributed by atoms with Crippen LogP contribution < -0.4 is 9.88 Å². The molecular formula is C18H17N3O7S2. The van der Waals surface area contributed by atoms with E-state index in [-0.39, 0.29) is 16.5 Å². The van der Waals surface area contributed by atoms with Crippen LogP contribution in [-0.4, -0.2) is 33.6 Å². The van der Waals surface area contributed by atoms with Crippen molar-refractivity contribution in [2.75, 3.05) is 7.11 Å². The van der Waals surface area contributed by atoms with E-state index in [1.807, 2.05) is 0 Å². The van der Waals surface area contributed by atoms with Crippen LogP contribution in [0.2, 0.25) is 0 Å². The highest BCUT2D eigenvalue weighted by molar-refractivity contribution is 7.89. The molecule has 10 nitrogen and oxygen atoms in total. The fourth-order valence-corrected chi connectivity index (χ4v) is 4.30. The molecule has 30 heavy (non-hydrogen) atoms. The lowest BCUT2D eigenvalue weighted by Gasteiger charge is -2.11. The standard InChI is InChI=1S/C18H17N3O7S2/c1-10-6-7-13(28-2)12(8-10)20-21-17-15(30(25,26)27)9-11-4-3-5-14(29(19,23)24)16(11)18(17)22/h3-9,22H,1-2H3,(H2,19,23,24)(H,25,26,27). The van der Waals surface area contributed by atoms with Crippen molar-refractivity contribution >= 4 is 42.3 Å². The molecular weight excluding hydrogens is 434 g/mol. The van der Waals surface area contributed by atoms with Gasteiger partial charge in [-0.2, -0.15) is 8.42 Å². The van der Waals surface area contributed by atoms with Crippen molar-refractivity contribution in [3.05, 3.63) is 48.0 Å². The number of nitrogens with two attached hydrogens (primary N) is 1. The van der Waals surface area contributed by atoms with E-state index in [1.165, 1.54) is 19.2 Å². The number of fused-ring (bicyclic) bond motifs is 1. The molecule has 0 heterocycles. The number of phenols is 1. The van der Waals surface area contributed by atoms with Gasteiger partial charge >= 0.3 is 0 Å². The van der Waals surface area contributed by atoms with Gasteiger partial charge < -0.3 is 9.84 Å². The van der Waals surface area contributed by atoms with Crippen LogP contribution in [0.5, 0.6) is 11.5 Å². The first-order valence-corrected chi connectivity index (χ1v) is 11.3. The van der Waals surface area contributed by atoms with E-state index < -0.39 is 41.4 Å². The fraction of sp³-hybridized carbons (Fsp3) is 0.111. The minimum atomic E-state index is -4.85. The molecule has 0 spiro atoms. The number of primary sulfonamides is 1.